The SMILES string of the molecule is CNS(=O)(=O)Cc1ccc(CNC(=O)CCc2nc(-c3ccc(C)c(F)c3)no2)cc1. The van der Waals surface area contributed by atoms with Crippen molar-refractivity contribution in [3.63, 3.8) is 0 Å². The molecule has 0 aliphatic heterocycles. The van der Waals surface area contributed by atoms with E-state index in [1.54, 1.807) is 43.3 Å². The zero-order chi connectivity index (χ0) is 22.4. The van der Waals surface area contributed by atoms with Crippen molar-refractivity contribution in [3.05, 3.63) is 70.9 Å². The second kappa shape index (κ2) is 9.80. The Morgan fingerprint density at radius 2 is 1.84 bits per heavy atom. The molecule has 0 saturated carbocycles. The molecule has 0 aliphatic rings. The number of carbonyl (C=O) groups excluding carboxylic acids is 1. The topological polar surface area (TPSA) is 114 Å². The van der Waals surface area contributed by atoms with Crippen LogP contribution in [0.4, 0.5) is 4.39 Å². The highest BCUT2D eigenvalue weighted by atomic mass is 32.2. The monoisotopic (exact) mass is 446 g/mol. The van der Waals surface area contributed by atoms with E-state index in [-0.39, 0.29) is 36.1 Å². The number of aromatic nitrogens is 2. The summed E-state index contributed by atoms with van der Waals surface area (Å²) < 4.78 is 44.2. The van der Waals surface area contributed by atoms with Crippen molar-refractivity contribution in [3.8, 4) is 11.4 Å². The molecule has 8 nitrogen and oxygen atoms in total. The number of hydrogen-bond donors (Lipinski definition) is 2. The van der Waals surface area contributed by atoms with Crippen molar-refractivity contribution >= 4 is 15.9 Å². The average molecular weight is 447 g/mol. The number of benzene rings is 2. The molecule has 0 radical (unpaired) electrons. The Hall–Kier alpha value is -3.11. The second-order valence-electron chi connectivity index (χ2n) is 7.03. The Balaban J connectivity index is 1.47. The summed E-state index contributed by atoms with van der Waals surface area (Å²) in [6.07, 6.45) is 0.413. The van der Waals surface area contributed by atoms with Gasteiger partial charge in [0.25, 0.3) is 0 Å². The fourth-order valence-electron chi connectivity index (χ4n) is 2.76. The number of carbonyl (C=O) groups is 1. The number of sulfonamides is 1. The van der Waals surface area contributed by atoms with Gasteiger partial charge in [-0.05, 0) is 36.7 Å². The van der Waals surface area contributed by atoms with Crippen LogP contribution in [0.5, 0.6) is 0 Å². The number of nitrogens with one attached hydrogen (secondary N) is 2. The van der Waals surface area contributed by atoms with Crippen molar-refractivity contribution in [2.45, 2.75) is 32.1 Å². The molecule has 0 fully saturated rings. The van der Waals surface area contributed by atoms with Crippen LogP contribution in [0.1, 0.15) is 29.0 Å². The lowest BCUT2D eigenvalue weighted by molar-refractivity contribution is -0.121. The summed E-state index contributed by atoms with van der Waals surface area (Å²) >= 11 is 0. The Morgan fingerprint density at radius 3 is 2.52 bits per heavy atom. The molecular weight excluding hydrogens is 423 g/mol. The Bertz CT molecular complexity index is 1160. The van der Waals surface area contributed by atoms with Gasteiger partial charge in [-0.1, -0.05) is 41.6 Å². The highest BCUT2D eigenvalue weighted by Crippen LogP contribution is 2.19. The molecule has 0 aliphatic carbocycles. The Morgan fingerprint density at radius 1 is 1.13 bits per heavy atom. The fraction of sp³-hybridized carbons (Fsp3) is 0.286. The van der Waals surface area contributed by atoms with E-state index in [1.165, 1.54) is 13.1 Å². The smallest absolute Gasteiger partial charge is 0.227 e. The standard InChI is InChI=1S/C21H23FN4O4S/c1-14-3-8-17(11-18(14)22)21-25-20(30-26-21)10-9-19(27)24-12-15-4-6-16(7-5-15)13-31(28,29)23-2/h3-8,11,23H,9-10,12-13H2,1-2H3,(H,24,27). The van der Waals surface area contributed by atoms with Gasteiger partial charge in [0.05, 0.1) is 5.75 Å². The molecule has 0 bridgehead atoms. The quantitative estimate of drug-likeness (QED) is 0.522. The molecule has 0 saturated heterocycles. The Labute approximate surface area is 179 Å². The number of amides is 1. The number of rotatable bonds is 9. The maximum absolute atomic E-state index is 13.7. The highest BCUT2D eigenvalue weighted by Gasteiger charge is 2.12. The van der Waals surface area contributed by atoms with E-state index in [4.69, 9.17) is 4.52 Å². The lowest BCUT2D eigenvalue weighted by Gasteiger charge is -2.06. The second-order valence-corrected chi connectivity index (χ2v) is 8.96. The summed E-state index contributed by atoms with van der Waals surface area (Å²) in [5.41, 5.74) is 2.54. The normalized spacial score (nSPS) is 11.5. The van der Waals surface area contributed by atoms with Crippen LogP contribution in [0.15, 0.2) is 47.0 Å². The van der Waals surface area contributed by atoms with Crippen molar-refractivity contribution < 1.29 is 22.1 Å². The van der Waals surface area contributed by atoms with E-state index in [1.807, 2.05) is 0 Å². The minimum absolute atomic E-state index is 0.0997. The van der Waals surface area contributed by atoms with Crippen LogP contribution in [0.2, 0.25) is 0 Å². The molecular formula is C21H23FN4O4S. The molecule has 3 rings (SSSR count). The summed E-state index contributed by atoms with van der Waals surface area (Å²) in [4.78, 5) is 16.3. The molecule has 1 aromatic heterocycles. The van der Waals surface area contributed by atoms with Crippen LogP contribution in [0, 0.1) is 12.7 Å². The summed E-state index contributed by atoms with van der Waals surface area (Å²) in [5, 5.41) is 6.63. The van der Waals surface area contributed by atoms with Gasteiger partial charge in [0.15, 0.2) is 0 Å². The first-order chi connectivity index (χ1) is 14.8. The van der Waals surface area contributed by atoms with Gasteiger partial charge in [-0.3, -0.25) is 4.79 Å². The van der Waals surface area contributed by atoms with Gasteiger partial charge in [0, 0.05) is 24.9 Å². The first-order valence-electron chi connectivity index (χ1n) is 9.60. The van der Waals surface area contributed by atoms with Gasteiger partial charge in [0.2, 0.25) is 27.6 Å². The third kappa shape index (κ3) is 6.43. The van der Waals surface area contributed by atoms with Crippen LogP contribution < -0.4 is 10.0 Å². The zero-order valence-electron chi connectivity index (χ0n) is 17.2. The summed E-state index contributed by atoms with van der Waals surface area (Å²) in [6, 6.07) is 11.7. The van der Waals surface area contributed by atoms with E-state index < -0.39 is 10.0 Å². The number of nitrogens with zero attached hydrogens (tertiary/aromatic N) is 2. The molecule has 1 heterocycles. The molecule has 10 heteroatoms. The molecule has 1 amide bonds. The predicted octanol–water partition coefficient (Wildman–Crippen LogP) is 2.48. The minimum Gasteiger partial charge on any atom is -0.352 e. The predicted molar refractivity (Wildman–Crippen MR) is 113 cm³/mol. The first kappa shape index (κ1) is 22.6. The van der Waals surface area contributed by atoms with Gasteiger partial charge < -0.3 is 9.84 Å². The van der Waals surface area contributed by atoms with Gasteiger partial charge in [0.1, 0.15) is 5.82 Å². The van der Waals surface area contributed by atoms with E-state index in [0.29, 0.717) is 29.1 Å². The lowest BCUT2D eigenvalue weighted by Crippen LogP contribution is -2.23. The first-order valence-corrected chi connectivity index (χ1v) is 11.3. The lowest BCUT2D eigenvalue weighted by atomic mass is 10.1. The number of halogens is 1. The maximum atomic E-state index is 13.7. The van der Waals surface area contributed by atoms with E-state index >= 15 is 0 Å². The van der Waals surface area contributed by atoms with Crippen LogP contribution >= 0.6 is 0 Å². The number of aryl methyl sites for hydroxylation is 2. The average Bonchev–Trinajstić information content (AvgIpc) is 3.22. The Kier molecular flexibility index (Phi) is 7.13. The summed E-state index contributed by atoms with van der Waals surface area (Å²) in [5.74, 6) is -0.0730. The van der Waals surface area contributed by atoms with Gasteiger partial charge in [-0.25, -0.2) is 17.5 Å². The highest BCUT2D eigenvalue weighted by molar-refractivity contribution is 7.88. The largest absolute Gasteiger partial charge is 0.352 e. The third-order valence-electron chi connectivity index (χ3n) is 4.64. The molecule has 164 valence electrons. The molecule has 3 aromatic rings. The third-order valence-corrected chi connectivity index (χ3v) is 5.98. The van der Waals surface area contributed by atoms with Crippen molar-refractivity contribution in [1.29, 1.82) is 0 Å². The van der Waals surface area contributed by atoms with Gasteiger partial charge in [-0.15, -0.1) is 0 Å². The zero-order valence-corrected chi connectivity index (χ0v) is 18.0. The van der Waals surface area contributed by atoms with Crippen molar-refractivity contribution in [2.24, 2.45) is 0 Å². The summed E-state index contributed by atoms with van der Waals surface area (Å²) in [7, 11) is -1.95. The van der Waals surface area contributed by atoms with E-state index in [9.17, 15) is 17.6 Å². The molecule has 31 heavy (non-hydrogen) atoms. The van der Waals surface area contributed by atoms with Gasteiger partial charge in [-0.2, -0.15) is 4.98 Å². The minimum atomic E-state index is -3.32. The number of hydrogen-bond acceptors (Lipinski definition) is 6. The van der Waals surface area contributed by atoms with Gasteiger partial charge >= 0.3 is 0 Å². The van der Waals surface area contributed by atoms with Crippen LogP contribution in [0.3, 0.4) is 0 Å². The van der Waals surface area contributed by atoms with Crippen molar-refractivity contribution in [2.75, 3.05) is 7.05 Å². The molecule has 2 N–H and O–H groups in total. The summed E-state index contributed by atoms with van der Waals surface area (Å²) in [6.45, 7) is 1.98. The fourth-order valence-corrected chi connectivity index (χ4v) is 3.54. The molecule has 2 aromatic carbocycles. The van der Waals surface area contributed by atoms with Crippen LogP contribution in [-0.4, -0.2) is 31.5 Å². The maximum Gasteiger partial charge on any atom is 0.227 e. The molecule has 0 unspecified atom stereocenters. The van der Waals surface area contributed by atoms with Crippen LogP contribution in [-0.2, 0) is 33.5 Å². The molecule has 0 atom stereocenters. The van der Waals surface area contributed by atoms with Crippen LogP contribution in [0.25, 0.3) is 11.4 Å². The van der Waals surface area contributed by atoms with Crippen molar-refractivity contribution in [1.82, 2.24) is 20.2 Å². The van der Waals surface area contributed by atoms with E-state index in [0.717, 1.165) is 5.56 Å². The van der Waals surface area contributed by atoms with E-state index in [2.05, 4.69) is 20.2 Å². The molecule has 0 spiro atoms.